The highest BCUT2D eigenvalue weighted by molar-refractivity contribution is 7.99. The van der Waals surface area contributed by atoms with Crippen LogP contribution in [0.4, 0.5) is 0 Å². The average molecular weight is 429 g/mol. The summed E-state index contributed by atoms with van der Waals surface area (Å²) in [6, 6.07) is 10.9. The van der Waals surface area contributed by atoms with E-state index in [4.69, 9.17) is 14.2 Å². The number of nitrogens with one attached hydrogen (secondary N) is 1. The van der Waals surface area contributed by atoms with E-state index in [9.17, 15) is 9.59 Å². The van der Waals surface area contributed by atoms with Crippen LogP contribution in [0.1, 0.15) is 26.9 Å². The molecule has 4 rings (SSSR count). The first-order chi connectivity index (χ1) is 14.6. The summed E-state index contributed by atoms with van der Waals surface area (Å²) >= 11 is 1.59. The Morgan fingerprint density at radius 2 is 1.87 bits per heavy atom. The van der Waals surface area contributed by atoms with Gasteiger partial charge in [-0.05, 0) is 24.1 Å². The highest BCUT2D eigenvalue weighted by Crippen LogP contribution is 2.52. The van der Waals surface area contributed by atoms with Crippen LogP contribution >= 0.6 is 11.8 Å². The molecule has 30 heavy (non-hydrogen) atoms. The van der Waals surface area contributed by atoms with E-state index >= 15 is 0 Å². The third-order valence-corrected chi connectivity index (χ3v) is 6.79. The molecule has 1 N–H and O–H groups in total. The number of ether oxygens (including phenoxy) is 3. The number of rotatable bonds is 7. The molecule has 2 atom stereocenters. The number of amides is 2. The van der Waals surface area contributed by atoms with Gasteiger partial charge >= 0.3 is 0 Å². The van der Waals surface area contributed by atoms with Crippen molar-refractivity contribution < 1.29 is 23.8 Å². The van der Waals surface area contributed by atoms with Crippen molar-refractivity contribution in [3.63, 3.8) is 0 Å². The van der Waals surface area contributed by atoms with Gasteiger partial charge in [-0.3, -0.25) is 9.59 Å². The third kappa shape index (κ3) is 3.35. The number of benzene rings is 2. The highest BCUT2D eigenvalue weighted by atomic mass is 32.2. The van der Waals surface area contributed by atoms with Crippen molar-refractivity contribution in [3.05, 3.63) is 53.1 Å². The number of thioether (sulfide) groups is 1. The van der Waals surface area contributed by atoms with Crippen LogP contribution in [0.2, 0.25) is 0 Å². The van der Waals surface area contributed by atoms with Crippen molar-refractivity contribution in [1.82, 2.24) is 10.2 Å². The van der Waals surface area contributed by atoms with Crippen LogP contribution in [0, 0.1) is 0 Å². The molecular formula is C22H24N2O5S. The van der Waals surface area contributed by atoms with Crippen molar-refractivity contribution in [2.24, 2.45) is 0 Å². The molecule has 8 heteroatoms. The number of carbonyl (C=O) groups excluding carboxylic acids is 2. The summed E-state index contributed by atoms with van der Waals surface area (Å²) in [5, 5.41) is 2.79. The molecule has 0 aliphatic carbocycles. The molecule has 158 valence electrons. The highest BCUT2D eigenvalue weighted by Gasteiger charge is 2.50. The first-order valence-corrected chi connectivity index (χ1v) is 10.7. The molecule has 0 saturated carbocycles. The van der Waals surface area contributed by atoms with Gasteiger partial charge in [0.25, 0.3) is 5.91 Å². The predicted molar refractivity (Wildman–Crippen MR) is 114 cm³/mol. The molecule has 1 saturated heterocycles. The lowest BCUT2D eigenvalue weighted by molar-refractivity contribution is -0.124. The minimum atomic E-state index is -0.520. The zero-order valence-electron chi connectivity index (χ0n) is 17.1. The largest absolute Gasteiger partial charge is 0.496 e. The van der Waals surface area contributed by atoms with Crippen molar-refractivity contribution in [2.75, 3.05) is 33.6 Å². The van der Waals surface area contributed by atoms with Gasteiger partial charge < -0.3 is 24.4 Å². The molecule has 7 nitrogen and oxygen atoms in total. The van der Waals surface area contributed by atoms with E-state index in [2.05, 4.69) is 5.32 Å². The van der Waals surface area contributed by atoms with Gasteiger partial charge in [0.2, 0.25) is 5.91 Å². The zero-order valence-corrected chi connectivity index (χ0v) is 18.0. The van der Waals surface area contributed by atoms with Crippen LogP contribution in [-0.4, -0.2) is 56.4 Å². The average Bonchev–Trinajstić information content (AvgIpc) is 3.33. The first kappa shape index (κ1) is 20.4. The van der Waals surface area contributed by atoms with E-state index in [1.165, 1.54) is 14.2 Å². The number of nitrogens with zero attached hydrogens (tertiary/aromatic N) is 1. The number of para-hydroxylation sites is 1. The van der Waals surface area contributed by atoms with Crippen LogP contribution < -0.4 is 19.5 Å². The number of methoxy groups -OCH3 is 3. The number of hydrogen-bond donors (Lipinski definition) is 1. The molecule has 0 aromatic heterocycles. The van der Waals surface area contributed by atoms with Gasteiger partial charge in [-0.2, -0.15) is 0 Å². The lowest BCUT2D eigenvalue weighted by atomic mass is 10.1. The summed E-state index contributed by atoms with van der Waals surface area (Å²) in [5.41, 5.74) is 2.38. The summed E-state index contributed by atoms with van der Waals surface area (Å²) in [6.45, 7) is 0.469. The number of carbonyl (C=O) groups is 2. The molecule has 2 aromatic carbocycles. The number of hydrogen-bond acceptors (Lipinski definition) is 6. The van der Waals surface area contributed by atoms with Crippen LogP contribution in [0.3, 0.4) is 0 Å². The van der Waals surface area contributed by atoms with Crippen molar-refractivity contribution in [2.45, 2.75) is 17.8 Å². The summed E-state index contributed by atoms with van der Waals surface area (Å²) in [4.78, 5) is 27.8. The summed E-state index contributed by atoms with van der Waals surface area (Å²) < 4.78 is 16.1. The summed E-state index contributed by atoms with van der Waals surface area (Å²) in [5.74, 6) is 1.95. The van der Waals surface area contributed by atoms with E-state index in [1.54, 1.807) is 29.8 Å². The molecule has 0 radical (unpaired) electrons. The molecule has 2 aliphatic heterocycles. The van der Waals surface area contributed by atoms with Crippen molar-refractivity contribution in [1.29, 1.82) is 0 Å². The minimum absolute atomic E-state index is 0.146. The van der Waals surface area contributed by atoms with Gasteiger partial charge in [-0.1, -0.05) is 24.3 Å². The molecule has 2 heterocycles. The molecule has 0 spiro atoms. The van der Waals surface area contributed by atoms with Crippen molar-refractivity contribution in [3.8, 4) is 17.2 Å². The molecule has 1 fully saturated rings. The number of fused-ring (bicyclic) bond motifs is 3. The normalized spacial score (nSPS) is 19.3. The van der Waals surface area contributed by atoms with E-state index in [0.29, 0.717) is 35.8 Å². The monoisotopic (exact) mass is 428 g/mol. The second-order valence-electron chi connectivity index (χ2n) is 7.03. The van der Waals surface area contributed by atoms with E-state index < -0.39 is 6.04 Å². The second-order valence-corrected chi connectivity index (χ2v) is 8.15. The standard InChI is InChI=1S/C22H24N2O5S/c1-27-16-7-5-4-6-13(16)10-11-23-20(25)15-12-30-22-14-8-9-17(28-2)19(29-3)18(14)21(26)24(15)22/h4-9,15,22H,10-12H2,1-3H3,(H,23,25)/t15-,22-/m0/s1. The van der Waals surface area contributed by atoms with Crippen molar-refractivity contribution >= 4 is 23.6 Å². The molecule has 2 aliphatic rings. The van der Waals surface area contributed by atoms with Gasteiger partial charge in [0.15, 0.2) is 11.5 Å². The molecule has 2 aromatic rings. The summed E-state index contributed by atoms with van der Waals surface area (Å²) in [6.07, 6.45) is 0.651. The van der Waals surface area contributed by atoms with E-state index in [1.807, 2.05) is 30.3 Å². The van der Waals surface area contributed by atoms with E-state index in [-0.39, 0.29) is 17.2 Å². The van der Waals surface area contributed by atoms with Gasteiger partial charge in [-0.15, -0.1) is 11.8 Å². The fourth-order valence-electron chi connectivity index (χ4n) is 4.04. The van der Waals surface area contributed by atoms with Gasteiger partial charge in [-0.25, -0.2) is 0 Å². The Kier molecular flexibility index (Phi) is 5.76. The Labute approximate surface area is 179 Å². The third-order valence-electron chi connectivity index (χ3n) is 5.48. The Morgan fingerprint density at radius 1 is 1.10 bits per heavy atom. The van der Waals surface area contributed by atoms with E-state index in [0.717, 1.165) is 16.9 Å². The lowest BCUT2D eigenvalue weighted by Gasteiger charge is -2.22. The molecule has 0 unspecified atom stereocenters. The first-order valence-electron chi connectivity index (χ1n) is 9.69. The maximum atomic E-state index is 13.2. The van der Waals surface area contributed by atoms with Crippen LogP contribution in [0.15, 0.2) is 36.4 Å². The summed E-state index contributed by atoms with van der Waals surface area (Å²) in [7, 11) is 4.69. The molecule has 0 bridgehead atoms. The Hall–Kier alpha value is -2.87. The van der Waals surface area contributed by atoms with Crippen LogP contribution in [-0.2, 0) is 11.2 Å². The Bertz CT molecular complexity index is 980. The fraction of sp³-hybridized carbons (Fsp3) is 0.364. The minimum Gasteiger partial charge on any atom is -0.496 e. The van der Waals surface area contributed by atoms with Gasteiger partial charge in [0, 0.05) is 17.9 Å². The maximum Gasteiger partial charge on any atom is 0.260 e. The topological polar surface area (TPSA) is 77.1 Å². The van der Waals surface area contributed by atoms with Crippen LogP contribution in [0.5, 0.6) is 17.2 Å². The maximum absolute atomic E-state index is 13.2. The van der Waals surface area contributed by atoms with Gasteiger partial charge in [0.1, 0.15) is 17.2 Å². The quantitative estimate of drug-likeness (QED) is 0.731. The fourth-order valence-corrected chi connectivity index (χ4v) is 5.50. The molecular weight excluding hydrogens is 404 g/mol. The second kappa shape index (κ2) is 8.47. The Morgan fingerprint density at radius 3 is 2.60 bits per heavy atom. The smallest absolute Gasteiger partial charge is 0.260 e. The van der Waals surface area contributed by atoms with Gasteiger partial charge in [0.05, 0.1) is 26.9 Å². The Balaban J connectivity index is 1.47. The SMILES string of the molecule is COc1ccccc1CCNC(=O)[C@@H]1CS[C@H]2c3ccc(OC)c(OC)c3C(=O)N12. The van der Waals surface area contributed by atoms with Crippen LogP contribution in [0.25, 0.3) is 0 Å². The molecule has 2 amide bonds. The zero-order chi connectivity index (χ0) is 21.3. The predicted octanol–water partition coefficient (Wildman–Crippen LogP) is 2.64. The lowest BCUT2D eigenvalue weighted by Crippen LogP contribution is -2.46.